The Morgan fingerprint density at radius 1 is 1.50 bits per heavy atom. The summed E-state index contributed by atoms with van der Waals surface area (Å²) >= 11 is 0. The zero-order valence-electron chi connectivity index (χ0n) is 10.1. The highest BCUT2D eigenvalue weighted by Gasteiger charge is 2.35. The van der Waals surface area contributed by atoms with Gasteiger partial charge < -0.3 is 0 Å². The van der Waals surface area contributed by atoms with Gasteiger partial charge in [-0.3, -0.25) is 15.2 Å². The number of terminal acetylenes is 1. The molecule has 1 aromatic heterocycles. The maximum absolute atomic E-state index is 12.7. The molecule has 0 aliphatic carbocycles. The molecular formula is C12H9F3N4O. The Balaban J connectivity index is 2.99. The molecule has 5 nitrogen and oxygen atoms in total. The first-order chi connectivity index (χ1) is 9.40. The van der Waals surface area contributed by atoms with Crippen molar-refractivity contribution >= 4 is 5.91 Å². The van der Waals surface area contributed by atoms with Crippen LogP contribution in [0.1, 0.15) is 15.9 Å². The number of aromatic nitrogens is 1. The van der Waals surface area contributed by atoms with E-state index in [1.54, 1.807) is 6.07 Å². The minimum absolute atomic E-state index is 0.110. The number of hydrogen-bond donors (Lipinski definition) is 1. The van der Waals surface area contributed by atoms with Crippen LogP contribution in [0.5, 0.6) is 0 Å². The number of carbonyl (C=O) groups excluding carboxylic acids is 1. The van der Waals surface area contributed by atoms with Crippen LogP contribution in [0, 0.1) is 23.7 Å². The third kappa shape index (κ3) is 3.97. The van der Waals surface area contributed by atoms with Crippen LogP contribution < -0.4 is 5.43 Å². The van der Waals surface area contributed by atoms with E-state index in [9.17, 15) is 18.0 Å². The molecule has 0 aromatic carbocycles. The molecule has 0 fully saturated rings. The number of alkyl halides is 3. The van der Waals surface area contributed by atoms with Crippen molar-refractivity contribution in [2.45, 2.75) is 6.18 Å². The number of nitrogens with one attached hydrogen (secondary N) is 1. The third-order valence-corrected chi connectivity index (χ3v) is 2.17. The normalized spacial score (nSPS) is 10.7. The Hall–Kier alpha value is -2.58. The predicted molar refractivity (Wildman–Crippen MR) is 62.7 cm³/mol. The summed E-state index contributed by atoms with van der Waals surface area (Å²) in [5.41, 5.74) is 0.389. The van der Waals surface area contributed by atoms with Gasteiger partial charge in [0.2, 0.25) is 0 Å². The van der Waals surface area contributed by atoms with Gasteiger partial charge in [-0.05, 0) is 6.07 Å². The van der Waals surface area contributed by atoms with E-state index < -0.39 is 23.2 Å². The van der Waals surface area contributed by atoms with Crippen molar-refractivity contribution in [1.29, 1.82) is 5.26 Å². The number of pyridine rings is 1. The molecule has 104 valence electrons. The predicted octanol–water partition coefficient (Wildman–Crippen LogP) is 1.20. The van der Waals surface area contributed by atoms with Crippen LogP contribution in [0.2, 0.25) is 0 Å². The lowest BCUT2D eigenvalue weighted by Gasteiger charge is -2.18. The minimum atomic E-state index is -4.68. The molecule has 0 bridgehead atoms. The van der Waals surface area contributed by atoms with E-state index in [0.717, 1.165) is 17.4 Å². The third-order valence-electron chi connectivity index (χ3n) is 2.17. The smallest absolute Gasteiger partial charge is 0.283 e. The maximum Gasteiger partial charge on any atom is 0.417 e. The number of amides is 1. The molecule has 1 N–H and O–H groups in total. The van der Waals surface area contributed by atoms with Gasteiger partial charge in [0.15, 0.2) is 0 Å². The zero-order chi connectivity index (χ0) is 15.2. The Bertz CT molecular complexity index is 555. The summed E-state index contributed by atoms with van der Waals surface area (Å²) in [6.45, 7) is -0.363. The molecule has 0 saturated heterocycles. The average Bonchev–Trinajstić information content (AvgIpc) is 2.38. The first kappa shape index (κ1) is 15.5. The first-order valence-corrected chi connectivity index (χ1v) is 5.27. The van der Waals surface area contributed by atoms with Crippen LogP contribution in [0.15, 0.2) is 18.5 Å². The van der Waals surface area contributed by atoms with E-state index >= 15 is 0 Å². The monoisotopic (exact) mass is 282 g/mol. The van der Waals surface area contributed by atoms with Crippen molar-refractivity contribution in [1.82, 2.24) is 15.4 Å². The van der Waals surface area contributed by atoms with E-state index in [1.165, 1.54) is 0 Å². The van der Waals surface area contributed by atoms with E-state index in [1.807, 2.05) is 0 Å². The lowest BCUT2D eigenvalue weighted by atomic mass is 10.1. The molecule has 1 heterocycles. The van der Waals surface area contributed by atoms with Gasteiger partial charge in [-0.1, -0.05) is 5.92 Å². The Morgan fingerprint density at radius 3 is 2.75 bits per heavy atom. The summed E-state index contributed by atoms with van der Waals surface area (Å²) in [4.78, 5) is 15.3. The number of carbonyl (C=O) groups is 1. The quantitative estimate of drug-likeness (QED) is 0.512. The van der Waals surface area contributed by atoms with Crippen LogP contribution in [-0.4, -0.2) is 29.0 Å². The number of hydrogen-bond acceptors (Lipinski definition) is 4. The Kier molecular flexibility index (Phi) is 5.07. The highest BCUT2D eigenvalue weighted by Crippen LogP contribution is 2.31. The highest BCUT2D eigenvalue weighted by atomic mass is 19.4. The van der Waals surface area contributed by atoms with Gasteiger partial charge in [-0.2, -0.15) is 23.4 Å². The zero-order valence-corrected chi connectivity index (χ0v) is 10.1. The SMILES string of the molecule is C#CCN(CC#N)NC(=O)c1cnccc1C(F)(F)F. The number of hydrazine groups is 1. The second kappa shape index (κ2) is 6.55. The average molecular weight is 282 g/mol. The van der Waals surface area contributed by atoms with Gasteiger partial charge in [0.25, 0.3) is 5.91 Å². The van der Waals surface area contributed by atoms with Gasteiger partial charge in [0.05, 0.1) is 23.7 Å². The second-order valence-corrected chi connectivity index (χ2v) is 3.58. The number of nitriles is 1. The molecule has 1 amide bonds. The molecule has 0 unspecified atom stereocenters. The molecule has 0 aliphatic heterocycles. The molecule has 20 heavy (non-hydrogen) atoms. The van der Waals surface area contributed by atoms with Crippen LogP contribution in [0.25, 0.3) is 0 Å². The van der Waals surface area contributed by atoms with Gasteiger partial charge in [0, 0.05) is 12.4 Å². The largest absolute Gasteiger partial charge is 0.417 e. The fraction of sp³-hybridized carbons (Fsp3) is 0.250. The van der Waals surface area contributed by atoms with Crippen molar-refractivity contribution in [2.24, 2.45) is 0 Å². The molecule has 8 heteroatoms. The summed E-state index contributed by atoms with van der Waals surface area (Å²) in [6, 6.07) is 2.43. The number of rotatable bonds is 4. The fourth-order valence-electron chi connectivity index (χ4n) is 1.36. The minimum Gasteiger partial charge on any atom is -0.283 e. The Morgan fingerprint density at radius 2 is 2.20 bits per heavy atom. The van der Waals surface area contributed by atoms with E-state index in [0.29, 0.717) is 6.07 Å². The van der Waals surface area contributed by atoms with Crippen molar-refractivity contribution in [3.05, 3.63) is 29.6 Å². The summed E-state index contributed by atoms with van der Waals surface area (Å²) in [5.74, 6) is 1.14. The summed E-state index contributed by atoms with van der Waals surface area (Å²) in [7, 11) is 0. The van der Waals surface area contributed by atoms with Crippen molar-refractivity contribution in [3.63, 3.8) is 0 Å². The molecular weight excluding hydrogens is 273 g/mol. The van der Waals surface area contributed by atoms with Crippen LogP contribution >= 0.6 is 0 Å². The summed E-state index contributed by atoms with van der Waals surface area (Å²) < 4.78 is 38.2. The molecule has 0 spiro atoms. The Labute approximate surface area is 113 Å². The first-order valence-electron chi connectivity index (χ1n) is 5.27. The van der Waals surface area contributed by atoms with Crippen molar-refractivity contribution in [2.75, 3.05) is 13.1 Å². The number of nitrogens with zero attached hydrogens (tertiary/aromatic N) is 3. The molecule has 0 saturated carbocycles. The summed E-state index contributed by atoms with van der Waals surface area (Å²) in [6.07, 6.45) is 2.09. The summed E-state index contributed by atoms with van der Waals surface area (Å²) in [5, 5.41) is 9.55. The second-order valence-electron chi connectivity index (χ2n) is 3.58. The van der Waals surface area contributed by atoms with Crippen LogP contribution in [0.4, 0.5) is 13.2 Å². The van der Waals surface area contributed by atoms with E-state index in [2.05, 4.69) is 16.3 Å². The van der Waals surface area contributed by atoms with Crippen LogP contribution in [0.3, 0.4) is 0 Å². The van der Waals surface area contributed by atoms with Crippen molar-refractivity contribution < 1.29 is 18.0 Å². The molecule has 0 radical (unpaired) electrons. The molecule has 1 aromatic rings. The topological polar surface area (TPSA) is 69.0 Å². The van der Waals surface area contributed by atoms with E-state index in [-0.39, 0.29) is 13.1 Å². The van der Waals surface area contributed by atoms with E-state index in [4.69, 9.17) is 11.7 Å². The van der Waals surface area contributed by atoms with Gasteiger partial charge in [-0.15, -0.1) is 6.42 Å². The standard InChI is InChI=1S/C12H9F3N4O/c1-2-6-19(7-4-16)18-11(20)9-8-17-5-3-10(9)12(13,14)15/h1,3,5,8H,6-7H2,(H,18,20). The maximum atomic E-state index is 12.7. The van der Waals surface area contributed by atoms with Crippen LogP contribution in [-0.2, 0) is 6.18 Å². The lowest BCUT2D eigenvalue weighted by molar-refractivity contribution is -0.138. The van der Waals surface area contributed by atoms with Gasteiger partial charge in [-0.25, -0.2) is 0 Å². The fourth-order valence-corrected chi connectivity index (χ4v) is 1.36. The van der Waals surface area contributed by atoms with Gasteiger partial charge >= 0.3 is 6.18 Å². The molecule has 0 aliphatic rings. The molecule has 1 rings (SSSR count). The lowest BCUT2D eigenvalue weighted by Crippen LogP contribution is -2.43. The van der Waals surface area contributed by atoms with Crippen molar-refractivity contribution in [3.8, 4) is 18.4 Å². The van der Waals surface area contributed by atoms with Gasteiger partial charge in [0.1, 0.15) is 6.54 Å². The number of halogens is 3. The highest BCUT2D eigenvalue weighted by molar-refractivity contribution is 5.95. The molecule has 0 atom stereocenters.